The van der Waals surface area contributed by atoms with Crippen LogP contribution in [0.25, 0.3) is 11.3 Å². The van der Waals surface area contributed by atoms with Gasteiger partial charge in [0.1, 0.15) is 11.6 Å². The number of pyridine rings is 1. The van der Waals surface area contributed by atoms with Crippen LogP contribution in [0.15, 0.2) is 41.2 Å². The Kier molecular flexibility index (Phi) is 4.20. The van der Waals surface area contributed by atoms with Crippen LogP contribution >= 0.6 is 0 Å². The minimum Gasteiger partial charge on any atom is -0.494 e. The molecule has 1 aromatic carbocycles. The molecule has 0 fully saturated rings. The summed E-state index contributed by atoms with van der Waals surface area (Å²) >= 11 is 0. The largest absolute Gasteiger partial charge is 0.494 e. The summed E-state index contributed by atoms with van der Waals surface area (Å²) in [5.41, 5.74) is 6.65. The maximum Gasteiger partial charge on any atom is 0.259 e. The van der Waals surface area contributed by atoms with Gasteiger partial charge in [-0.25, -0.2) is 0 Å². The highest BCUT2D eigenvalue weighted by Crippen LogP contribution is 2.21. The number of nitrogens with two attached hydrogens (primary N) is 1. The Morgan fingerprint density at radius 2 is 2.15 bits per heavy atom. The van der Waals surface area contributed by atoms with Gasteiger partial charge in [-0.15, -0.1) is 0 Å². The summed E-state index contributed by atoms with van der Waals surface area (Å²) in [5, 5.41) is 7.30. The van der Waals surface area contributed by atoms with Gasteiger partial charge < -0.3 is 15.5 Å². The zero-order valence-electron chi connectivity index (χ0n) is 11.3. The third kappa shape index (κ3) is 3.06. The first-order valence-electron chi connectivity index (χ1n) is 6.42. The van der Waals surface area contributed by atoms with Crippen molar-refractivity contribution in [3.8, 4) is 17.0 Å². The molecule has 0 aliphatic carbocycles. The number of nitrogen functional groups attached to an aromatic ring is 1. The normalized spacial score (nSPS) is 10.2. The fourth-order valence-electron chi connectivity index (χ4n) is 1.83. The van der Waals surface area contributed by atoms with Crippen LogP contribution < -0.4 is 16.0 Å². The van der Waals surface area contributed by atoms with Crippen molar-refractivity contribution in [3.63, 3.8) is 0 Å². The number of benzene rings is 1. The zero-order chi connectivity index (χ0) is 14.5. The third-order valence-electron chi connectivity index (χ3n) is 2.82. The molecule has 20 heavy (non-hydrogen) atoms. The second-order valence-electron chi connectivity index (χ2n) is 4.40. The molecule has 0 atom stereocenters. The highest BCUT2D eigenvalue weighted by atomic mass is 16.5. The van der Waals surface area contributed by atoms with Gasteiger partial charge in [-0.1, -0.05) is 19.1 Å². The minimum atomic E-state index is -0.366. The molecule has 0 bridgehead atoms. The molecule has 104 valence electrons. The van der Waals surface area contributed by atoms with Crippen molar-refractivity contribution in [3.05, 3.63) is 52.3 Å². The molecule has 0 aliphatic rings. The molecule has 1 heterocycles. The van der Waals surface area contributed by atoms with Crippen LogP contribution in [0.4, 0.5) is 0 Å². The maximum atomic E-state index is 11.8. The molecular weight excluding hydrogens is 254 g/mol. The van der Waals surface area contributed by atoms with E-state index in [0.29, 0.717) is 12.3 Å². The molecule has 0 amide bonds. The fraction of sp³-hybridized carbons (Fsp3) is 0.200. The van der Waals surface area contributed by atoms with E-state index in [9.17, 15) is 4.79 Å². The number of aromatic nitrogens is 1. The molecule has 5 heteroatoms. The molecule has 0 spiro atoms. The number of H-pyrrole nitrogens is 1. The lowest BCUT2D eigenvalue weighted by Gasteiger charge is -2.07. The van der Waals surface area contributed by atoms with Gasteiger partial charge in [0, 0.05) is 11.3 Å². The molecule has 0 radical (unpaired) electrons. The summed E-state index contributed by atoms with van der Waals surface area (Å²) < 4.78 is 5.56. The van der Waals surface area contributed by atoms with Gasteiger partial charge in [-0.3, -0.25) is 10.2 Å². The Morgan fingerprint density at radius 1 is 1.35 bits per heavy atom. The van der Waals surface area contributed by atoms with Gasteiger partial charge in [-0.2, -0.15) is 0 Å². The van der Waals surface area contributed by atoms with Crippen molar-refractivity contribution < 1.29 is 4.74 Å². The smallest absolute Gasteiger partial charge is 0.259 e. The van der Waals surface area contributed by atoms with Gasteiger partial charge in [0.15, 0.2) is 0 Å². The predicted octanol–water partition coefficient (Wildman–Crippen LogP) is 2.11. The Hall–Kier alpha value is -2.56. The molecular formula is C15H17N3O2. The molecule has 2 aromatic rings. The molecule has 0 saturated heterocycles. The summed E-state index contributed by atoms with van der Waals surface area (Å²) in [5.74, 6) is 0.527. The average molecular weight is 271 g/mol. The Balaban J connectivity index is 2.34. The minimum absolute atomic E-state index is 0.173. The lowest BCUT2D eigenvalue weighted by molar-refractivity contribution is 0.317. The van der Waals surface area contributed by atoms with Crippen molar-refractivity contribution in [2.45, 2.75) is 13.3 Å². The van der Waals surface area contributed by atoms with E-state index in [1.54, 1.807) is 12.1 Å². The maximum absolute atomic E-state index is 11.8. The third-order valence-corrected chi connectivity index (χ3v) is 2.82. The Labute approximate surface area is 116 Å². The molecule has 0 aliphatic heterocycles. The molecule has 2 rings (SSSR count). The van der Waals surface area contributed by atoms with Gasteiger partial charge in [-0.05, 0) is 30.7 Å². The molecule has 0 unspecified atom stereocenters. The van der Waals surface area contributed by atoms with Crippen molar-refractivity contribution >= 4 is 5.84 Å². The highest BCUT2D eigenvalue weighted by molar-refractivity contribution is 5.94. The number of hydrogen-bond donors (Lipinski definition) is 3. The molecule has 4 N–H and O–H groups in total. The lowest BCUT2D eigenvalue weighted by atomic mass is 10.1. The van der Waals surface area contributed by atoms with E-state index >= 15 is 0 Å². The topological polar surface area (TPSA) is 92.0 Å². The highest BCUT2D eigenvalue weighted by Gasteiger charge is 2.06. The molecule has 1 aromatic heterocycles. The van der Waals surface area contributed by atoms with Crippen LogP contribution in [0.1, 0.15) is 18.9 Å². The number of aromatic amines is 1. The van der Waals surface area contributed by atoms with Crippen molar-refractivity contribution in [2.24, 2.45) is 5.73 Å². The SMILES string of the molecule is CCCOc1cccc(-c2ccc(C(=N)N)c(=O)[nH]2)c1. The van der Waals surface area contributed by atoms with E-state index in [0.717, 1.165) is 17.7 Å². The average Bonchev–Trinajstić information content (AvgIpc) is 2.45. The second kappa shape index (κ2) is 6.06. The van der Waals surface area contributed by atoms with E-state index in [1.807, 2.05) is 31.2 Å². The van der Waals surface area contributed by atoms with E-state index in [2.05, 4.69) is 4.98 Å². The standard InChI is InChI=1S/C15H17N3O2/c1-2-8-20-11-5-3-4-10(9-11)13-7-6-12(14(16)17)15(19)18-13/h3-7,9H,2,8H2,1H3,(H3,16,17)(H,18,19). The first-order valence-corrected chi connectivity index (χ1v) is 6.42. The molecule has 0 saturated carbocycles. The van der Waals surface area contributed by atoms with E-state index in [-0.39, 0.29) is 17.0 Å². The first kappa shape index (κ1) is 13.9. The van der Waals surface area contributed by atoms with E-state index < -0.39 is 0 Å². The number of nitrogens with one attached hydrogen (secondary N) is 2. The van der Waals surface area contributed by atoms with E-state index in [4.69, 9.17) is 15.9 Å². The monoisotopic (exact) mass is 271 g/mol. The number of rotatable bonds is 5. The zero-order valence-corrected chi connectivity index (χ0v) is 11.3. The quantitative estimate of drug-likeness (QED) is 0.574. The second-order valence-corrected chi connectivity index (χ2v) is 4.40. The summed E-state index contributed by atoms with van der Waals surface area (Å²) in [4.78, 5) is 14.5. The van der Waals surface area contributed by atoms with Crippen LogP contribution in [0, 0.1) is 5.41 Å². The summed E-state index contributed by atoms with van der Waals surface area (Å²) in [6.45, 7) is 2.70. The van der Waals surface area contributed by atoms with Crippen LogP contribution in [0.2, 0.25) is 0 Å². The van der Waals surface area contributed by atoms with Gasteiger partial charge in [0.25, 0.3) is 5.56 Å². The first-order chi connectivity index (χ1) is 9.61. The summed E-state index contributed by atoms with van der Waals surface area (Å²) in [6.07, 6.45) is 0.939. The number of ether oxygens (including phenoxy) is 1. The number of hydrogen-bond acceptors (Lipinski definition) is 3. The summed E-state index contributed by atoms with van der Waals surface area (Å²) in [6, 6.07) is 10.8. The lowest BCUT2D eigenvalue weighted by Crippen LogP contribution is -2.23. The Morgan fingerprint density at radius 3 is 2.80 bits per heavy atom. The van der Waals surface area contributed by atoms with Crippen molar-refractivity contribution in [2.75, 3.05) is 6.61 Å². The van der Waals surface area contributed by atoms with E-state index in [1.165, 1.54) is 0 Å². The van der Waals surface area contributed by atoms with Crippen LogP contribution in [0.3, 0.4) is 0 Å². The van der Waals surface area contributed by atoms with Crippen LogP contribution in [0.5, 0.6) is 5.75 Å². The van der Waals surface area contributed by atoms with Gasteiger partial charge in [0.05, 0.1) is 12.2 Å². The number of amidine groups is 1. The van der Waals surface area contributed by atoms with Crippen molar-refractivity contribution in [1.29, 1.82) is 5.41 Å². The van der Waals surface area contributed by atoms with Crippen LogP contribution in [-0.2, 0) is 0 Å². The Bertz CT molecular complexity index is 677. The van der Waals surface area contributed by atoms with Crippen LogP contribution in [-0.4, -0.2) is 17.4 Å². The van der Waals surface area contributed by atoms with Gasteiger partial charge >= 0.3 is 0 Å². The molecule has 5 nitrogen and oxygen atoms in total. The van der Waals surface area contributed by atoms with Gasteiger partial charge in [0.2, 0.25) is 0 Å². The fourth-order valence-corrected chi connectivity index (χ4v) is 1.83. The van der Waals surface area contributed by atoms with Crippen molar-refractivity contribution in [1.82, 2.24) is 4.98 Å². The predicted molar refractivity (Wildman–Crippen MR) is 79.3 cm³/mol. The summed E-state index contributed by atoms with van der Waals surface area (Å²) in [7, 11) is 0.